The molecule has 1 N–H and O–H groups in total. The second-order valence-electron chi connectivity index (χ2n) is 7.05. The molecule has 1 amide bonds. The third-order valence-electron chi connectivity index (χ3n) is 4.64. The highest BCUT2D eigenvalue weighted by atomic mass is 16.5. The number of hydrogen-bond acceptors (Lipinski definition) is 4. The fourth-order valence-corrected chi connectivity index (χ4v) is 3.07. The molecule has 5 nitrogen and oxygen atoms in total. The van der Waals surface area contributed by atoms with Crippen LogP contribution in [-0.2, 0) is 11.2 Å². The Hall–Kier alpha value is -3.08. The highest BCUT2D eigenvalue weighted by Crippen LogP contribution is 2.24. The Bertz CT molecular complexity index is 886. The second kappa shape index (κ2) is 9.22. The van der Waals surface area contributed by atoms with Gasteiger partial charge in [-0.2, -0.15) is 0 Å². The van der Waals surface area contributed by atoms with Crippen molar-refractivity contribution in [2.75, 3.05) is 7.11 Å². The summed E-state index contributed by atoms with van der Waals surface area (Å²) in [5.74, 6) is 2.34. The quantitative estimate of drug-likeness (QED) is 0.612. The minimum absolute atomic E-state index is 0.0195. The first-order chi connectivity index (χ1) is 13.6. The fourth-order valence-electron chi connectivity index (χ4n) is 3.07. The zero-order valence-corrected chi connectivity index (χ0v) is 16.5. The maximum absolute atomic E-state index is 12.5. The van der Waals surface area contributed by atoms with E-state index in [1.165, 1.54) is 0 Å². The standard InChI is InChI=1S/C23H26N2O3/c1-16(2)23(18-9-11-19(27-3)12-10-18)25-21(26)13-14-22-24-15-20(28-22)17-7-5-4-6-8-17/h4-12,15-16,23H,13-14H2,1-3H3,(H,25,26). The largest absolute Gasteiger partial charge is 0.497 e. The first kappa shape index (κ1) is 19.7. The van der Waals surface area contributed by atoms with Gasteiger partial charge in [-0.3, -0.25) is 4.79 Å². The second-order valence-corrected chi connectivity index (χ2v) is 7.05. The van der Waals surface area contributed by atoms with E-state index in [0.717, 1.165) is 16.9 Å². The number of hydrogen-bond donors (Lipinski definition) is 1. The zero-order chi connectivity index (χ0) is 19.9. The maximum atomic E-state index is 12.5. The van der Waals surface area contributed by atoms with Gasteiger partial charge in [-0.25, -0.2) is 4.98 Å². The van der Waals surface area contributed by atoms with Crippen molar-refractivity contribution >= 4 is 5.91 Å². The molecule has 0 fully saturated rings. The number of aryl methyl sites for hydroxylation is 1. The van der Waals surface area contributed by atoms with Crippen molar-refractivity contribution in [3.63, 3.8) is 0 Å². The summed E-state index contributed by atoms with van der Waals surface area (Å²) in [5.41, 5.74) is 2.04. The van der Waals surface area contributed by atoms with E-state index in [2.05, 4.69) is 24.1 Å². The normalized spacial score (nSPS) is 12.0. The monoisotopic (exact) mass is 378 g/mol. The number of rotatable bonds is 8. The third kappa shape index (κ3) is 5.00. The molecule has 0 saturated heterocycles. The van der Waals surface area contributed by atoms with E-state index in [9.17, 15) is 4.79 Å². The molecule has 0 aliphatic rings. The molecule has 5 heteroatoms. The number of oxazole rings is 1. The van der Waals surface area contributed by atoms with Crippen LogP contribution in [0.5, 0.6) is 5.75 Å². The Balaban J connectivity index is 1.58. The summed E-state index contributed by atoms with van der Waals surface area (Å²) >= 11 is 0. The summed E-state index contributed by atoms with van der Waals surface area (Å²) < 4.78 is 11.0. The molecule has 146 valence electrons. The van der Waals surface area contributed by atoms with Gasteiger partial charge >= 0.3 is 0 Å². The zero-order valence-electron chi connectivity index (χ0n) is 16.5. The molecule has 0 aliphatic heterocycles. The highest BCUT2D eigenvalue weighted by Gasteiger charge is 2.19. The van der Waals surface area contributed by atoms with Gasteiger partial charge in [0.1, 0.15) is 5.75 Å². The molecule has 0 aliphatic carbocycles. The van der Waals surface area contributed by atoms with Crippen LogP contribution in [0.1, 0.15) is 37.8 Å². The van der Waals surface area contributed by atoms with Crippen molar-refractivity contribution in [1.29, 1.82) is 0 Å². The Kier molecular flexibility index (Phi) is 6.48. The maximum Gasteiger partial charge on any atom is 0.221 e. The van der Waals surface area contributed by atoms with Crippen molar-refractivity contribution < 1.29 is 13.9 Å². The topological polar surface area (TPSA) is 64.4 Å². The number of nitrogens with one attached hydrogen (secondary N) is 1. The predicted octanol–water partition coefficient (Wildman–Crippen LogP) is 4.80. The third-order valence-corrected chi connectivity index (χ3v) is 4.64. The molecule has 1 heterocycles. The van der Waals surface area contributed by atoms with Crippen LogP contribution >= 0.6 is 0 Å². The molecule has 0 spiro atoms. The Morgan fingerprint density at radius 2 is 1.82 bits per heavy atom. The summed E-state index contributed by atoms with van der Waals surface area (Å²) in [6, 6.07) is 17.6. The van der Waals surface area contributed by atoms with Crippen LogP contribution in [0.2, 0.25) is 0 Å². The van der Waals surface area contributed by atoms with Gasteiger partial charge < -0.3 is 14.5 Å². The Labute approximate surface area is 165 Å². The number of carbonyl (C=O) groups excluding carboxylic acids is 1. The van der Waals surface area contributed by atoms with E-state index in [1.54, 1.807) is 13.3 Å². The smallest absolute Gasteiger partial charge is 0.221 e. The Morgan fingerprint density at radius 1 is 1.11 bits per heavy atom. The van der Waals surface area contributed by atoms with E-state index in [1.807, 2.05) is 54.6 Å². The van der Waals surface area contributed by atoms with Gasteiger partial charge in [-0.15, -0.1) is 0 Å². The SMILES string of the molecule is COc1ccc(C(NC(=O)CCc2ncc(-c3ccccc3)o2)C(C)C)cc1. The number of aromatic nitrogens is 1. The summed E-state index contributed by atoms with van der Waals surface area (Å²) in [6.45, 7) is 4.19. The predicted molar refractivity (Wildman–Crippen MR) is 109 cm³/mol. The average Bonchev–Trinajstić information content (AvgIpc) is 3.20. The van der Waals surface area contributed by atoms with Crippen LogP contribution in [0.4, 0.5) is 0 Å². The van der Waals surface area contributed by atoms with E-state index in [-0.39, 0.29) is 17.9 Å². The molecule has 0 radical (unpaired) electrons. The fraction of sp³-hybridized carbons (Fsp3) is 0.304. The molecular formula is C23H26N2O3. The number of methoxy groups -OCH3 is 1. The molecule has 3 rings (SSSR count). The van der Waals surface area contributed by atoms with Crippen LogP contribution < -0.4 is 10.1 Å². The molecule has 0 bridgehead atoms. The number of benzene rings is 2. The van der Waals surface area contributed by atoms with Crippen LogP contribution in [0.15, 0.2) is 65.2 Å². The molecule has 1 aromatic heterocycles. The lowest BCUT2D eigenvalue weighted by molar-refractivity contribution is -0.122. The van der Waals surface area contributed by atoms with Crippen molar-refractivity contribution in [3.05, 3.63) is 72.2 Å². The molecule has 28 heavy (non-hydrogen) atoms. The van der Waals surface area contributed by atoms with Crippen molar-refractivity contribution in [2.24, 2.45) is 5.92 Å². The Morgan fingerprint density at radius 3 is 2.46 bits per heavy atom. The number of amides is 1. The van der Waals surface area contributed by atoms with Crippen LogP contribution in [0, 0.1) is 5.92 Å². The molecule has 1 atom stereocenters. The van der Waals surface area contributed by atoms with Crippen molar-refractivity contribution in [2.45, 2.75) is 32.7 Å². The lowest BCUT2D eigenvalue weighted by atomic mass is 9.95. The van der Waals surface area contributed by atoms with Gasteiger partial charge in [0.15, 0.2) is 11.7 Å². The minimum atomic E-state index is -0.0529. The molecular weight excluding hydrogens is 352 g/mol. The van der Waals surface area contributed by atoms with E-state index in [0.29, 0.717) is 24.5 Å². The molecule has 3 aromatic rings. The lowest BCUT2D eigenvalue weighted by Crippen LogP contribution is -2.31. The lowest BCUT2D eigenvalue weighted by Gasteiger charge is -2.23. The summed E-state index contributed by atoms with van der Waals surface area (Å²) in [5, 5.41) is 3.13. The van der Waals surface area contributed by atoms with E-state index in [4.69, 9.17) is 9.15 Å². The first-order valence-electron chi connectivity index (χ1n) is 9.50. The first-order valence-corrected chi connectivity index (χ1v) is 9.50. The summed E-state index contributed by atoms with van der Waals surface area (Å²) in [7, 11) is 1.64. The van der Waals surface area contributed by atoms with Gasteiger partial charge in [-0.05, 0) is 23.6 Å². The number of carbonyl (C=O) groups is 1. The molecule has 0 saturated carbocycles. The van der Waals surface area contributed by atoms with Gasteiger partial charge in [-0.1, -0.05) is 56.3 Å². The van der Waals surface area contributed by atoms with Gasteiger partial charge in [0, 0.05) is 18.4 Å². The number of nitrogens with zero attached hydrogens (tertiary/aromatic N) is 1. The van der Waals surface area contributed by atoms with Crippen LogP contribution in [-0.4, -0.2) is 18.0 Å². The van der Waals surface area contributed by atoms with E-state index >= 15 is 0 Å². The number of ether oxygens (including phenoxy) is 1. The minimum Gasteiger partial charge on any atom is -0.497 e. The van der Waals surface area contributed by atoms with Crippen LogP contribution in [0.25, 0.3) is 11.3 Å². The average molecular weight is 378 g/mol. The van der Waals surface area contributed by atoms with Gasteiger partial charge in [0.2, 0.25) is 5.91 Å². The summed E-state index contributed by atoms with van der Waals surface area (Å²) in [4.78, 5) is 16.8. The highest BCUT2D eigenvalue weighted by molar-refractivity contribution is 5.76. The van der Waals surface area contributed by atoms with E-state index < -0.39 is 0 Å². The van der Waals surface area contributed by atoms with Crippen LogP contribution in [0.3, 0.4) is 0 Å². The summed E-state index contributed by atoms with van der Waals surface area (Å²) in [6.07, 6.45) is 2.50. The van der Waals surface area contributed by atoms with Crippen molar-refractivity contribution in [3.8, 4) is 17.1 Å². The molecule has 2 aromatic carbocycles. The van der Waals surface area contributed by atoms with Gasteiger partial charge in [0.05, 0.1) is 19.3 Å². The van der Waals surface area contributed by atoms with Crippen molar-refractivity contribution in [1.82, 2.24) is 10.3 Å². The van der Waals surface area contributed by atoms with Gasteiger partial charge in [0.25, 0.3) is 0 Å². The molecule has 1 unspecified atom stereocenters.